The van der Waals surface area contributed by atoms with E-state index in [2.05, 4.69) is 29.3 Å². The van der Waals surface area contributed by atoms with Crippen molar-refractivity contribution in [2.75, 3.05) is 6.54 Å². The number of nitrogens with zero attached hydrogens (tertiary/aromatic N) is 2. The van der Waals surface area contributed by atoms with Gasteiger partial charge in [-0.15, -0.1) is 0 Å². The maximum absolute atomic E-state index is 12.8. The van der Waals surface area contributed by atoms with Gasteiger partial charge in [-0.05, 0) is 30.2 Å². The van der Waals surface area contributed by atoms with E-state index in [1.54, 1.807) is 12.1 Å². The number of rotatable bonds is 6. The molecule has 1 N–H and O–H groups in total. The number of hydrogen-bond donors (Lipinski definition) is 1. The van der Waals surface area contributed by atoms with Crippen molar-refractivity contribution in [3.63, 3.8) is 0 Å². The number of halogens is 1. The van der Waals surface area contributed by atoms with Crippen LogP contribution in [-0.2, 0) is 13.0 Å². The van der Waals surface area contributed by atoms with Crippen molar-refractivity contribution in [3.05, 3.63) is 47.4 Å². The monoisotopic (exact) mass is 263 g/mol. The average molecular weight is 263 g/mol. The Kier molecular flexibility index (Phi) is 4.63. The molecule has 0 spiro atoms. The Labute approximate surface area is 112 Å². The first kappa shape index (κ1) is 13.7. The standard InChI is InChI=1S/C14H18FN3O/c1-10(2)8-16-9-14-17-13(18-19-14)7-11-3-5-12(15)6-4-11/h3-6,10,16H,7-9H2,1-2H3. The zero-order valence-corrected chi connectivity index (χ0v) is 11.2. The van der Waals surface area contributed by atoms with Gasteiger partial charge in [-0.2, -0.15) is 4.98 Å². The molecule has 0 saturated carbocycles. The van der Waals surface area contributed by atoms with E-state index in [-0.39, 0.29) is 5.82 Å². The third-order valence-corrected chi connectivity index (χ3v) is 2.61. The lowest BCUT2D eigenvalue weighted by molar-refractivity contribution is 0.360. The second-order valence-electron chi connectivity index (χ2n) is 4.93. The quantitative estimate of drug-likeness (QED) is 0.870. The molecule has 102 valence electrons. The van der Waals surface area contributed by atoms with Gasteiger partial charge in [0.1, 0.15) is 5.82 Å². The van der Waals surface area contributed by atoms with Crippen molar-refractivity contribution in [2.45, 2.75) is 26.8 Å². The Bertz CT molecular complexity index is 508. The summed E-state index contributed by atoms with van der Waals surface area (Å²) in [6.07, 6.45) is 0.550. The molecule has 0 aliphatic carbocycles. The van der Waals surface area contributed by atoms with E-state index < -0.39 is 0 Å². The van der Waals surface area contributed by atoms with Crippen LogP contribution in [0.25, 0.3) is 0 Å². The molecule has 2 aromatic rings. The summed E-state index contributed by atoms with van der Waals surface area (Å²) >= 11 is 0. The van der Waals surface area contributed by atoms with Crippen molar-refractivity contribution >= 4 is 0 Å². The molecule has 0 radical (unpaired) electrons. The number of hydrogen-bond acceptors (Lipinski definition) is 4. The van der Waals surface area contributed by atoms with Gasteiger partial charge in [0.25, 0.3) is 0 Å². The summed E-state index contributed by atoms with van der Waals surface area (Å²) in [6.45, 7) is 5.77. The third-order valence-electron chi connectivity index (χ3n) is 2.61. The van der Waals surface area contributed by atoms with Gasteiger partial charge in [-0.25, -0.2) is 4.39 Å². The van der Waals surface area contributed by atoms with E-state index in [1.165, 1.54) is 12.1 Å². The lowest BCUT2D eigenvalue weighted by Gasteiger charge is -2.03. The van der Waals surface area contributed by atoms with Crippen molar-refractivity contribution in [1.29, 1.82) is 0 Å². The van der Waals surface area contributed by atoms with Crippen molar-refractivity contribution in [2.24, 2.45) is 5.92 Å². The molecule has 19 heavy (non-hydrogen) atoms. The summed E-state index contributed by atoms with van der Waals surface area (Å²) in [5, 5.41) is 7.15. The molecule has 0 aliphatic heterocycles. The second-order valence-corrected chi connectivity index (χ2v) is 4.93. The highest BCUT2D eigenvalue weighted by molar-refractivity contribution is 5.19. The van der Waals surface area contributed by atoms with E-state index in [0.717, 1.165) is 12.1 Å². The fourth-order valence-electron chi connectivity index (χ4n) is 1.69. The van der Waals surface area contributed by atoms with Gasteiger partial charge < -0.3 is 9.84 Å². The smallest absolute Gasteiger partial charge is 0.240 e. The average Bonchev–Trinajstić information content (AvgIpc) is 2.79. The van der Waals surface area contributed by atoms with Crippen molar-refractivity contribution in [1.82, 2.24) is 15.5 Å². The molecule has 0 atom stereocenters. The predicted molar refractivity (Wildman–Crippen MR) is 70.0 cm³/mol. The van der Waals surface area contributed by atoms with Crippen LogP contribution in [0, 0.1) is 11.7 Å². The normalized spacial score (nSPS) is 11.2. The molecule has 4 nitrogen and oxygen atoms in total. The summed E-state index contributed by atoms with van der Waals surface area (Å²) in [5.74, 6) is 1.54. The van der Waals surface area contributed by atoms with E-state index in [4.69, 9.17) is 4.52 Å². The van der Waals surface area contributed by atoms with Crippen molar-refractivity contribution < 1.29 is 8.91 Å². The Hall–Kier alpha value is -1.75. The van der Waals surface area contributed by atoms with Crippen LogP contribution >= 0.6 is 0 Å². The maximum atomic E-state index is 12.8. The maximum Gasteiger partial charge on any atom is 0.240 e. The predicted octanol–water partition coefficient (Wildman–Crippen LogP) is 2.55. The fraction of sp³-hybridized carbons (Fsp3) is 0.429. The molecule has 0 saturated heterocycles. The first-order valence-corrected chi connectivity index (χ1v) is 6.40. The van der Waals surface area contributed by atoms with Crippen LogP contribution < -0.4 is 5.32 Å². The van der Waals surface area contributed by atoms with Crippen LogP contribution in [0.1, 0.15) is 31.1 Å². The largest absolute Gasteiger partial charge is 0.338 e. The summed E-state index contributed by atoms with van der Waals surface area (Å²) in [4.78, 5) is 4.29. The molecule has 1 aromatic carbocycles. The summed E-state index contributed by atoms with van der Waals surface area (Å²) in [6, 6.07) is 6.31. The minimum Gasteiger partial charge on any atom is -0.338 e. The Morgan fingerprint density at radius 2 is 2.00 bits per heavy atom. The van der Waals surface area contributed by atoms with E-state index >= 15 is 0 Å². The lowest BCUT2D eigenvalue weighted by atomic mass is 10.1. The zero-order valence-electron chi connectivity index (χ0n) is 11.2. The van der Waals surface area contributed by atoms with Crippen LogP contribution in [0.3, 0.4) is 0 Å². The molecule has 0 amide bonds. The molecular weight excluding hydrogens is 245 g/mol. The molecule has 1 aromatic heterocycles. The van der Waals surface area contributed by atoms with Crippen LogP contribution in [0.15, 0.2) is 28.8 Å². The van der Waals surface area contributed by atoms with Gasteiger partial charge in [0, 0.05) is 6.42 Å². The van der Waals surface area contributed by atoms with Gasteiger partial charge in [0.2, 0.25) is 5.89 Å². The molecule has 1 heterocycles. The first-order chi connectivity index (χ1) is 9.13. The third kappa shape index (κ3) is 4.44. The molecular formula is C14H18FN3O. The van der Waals surface area contributed by atoms with Crippen LogP contribution in [0.2, 0.25) is 0 Å². The van der Waals surface area contributed by atoms with Crippen LogP contribution in [0.4, 0.5) is 4.39 Å². The van der Waals surface area contributed by atoms with E-state index in [0.29, 0.717) is 30.6 Å². The van der Waals surface area contributed by atoms with Gasteiger partial charge in [-0.1, -0.05) is 31.1 Å². The summed E-state index contributed by atoms with van der Waals surface area (Å²) in [5.41, 5.74) is 0.962. The highest BCUT2D eigenvalue weighted by Crippen LogP contribution is 2.08. The molecule has 0 unspecified atom stereocenters. The lowest BCUT2D eigenvalue weighted by Crippen LogP contribution is -2.19. The Morgan fingerprint density at radius 3 is 2.68 bits per heavy atom. The topological polar surface area (TPSA) is 51.0 Å². The molecule has 0 bridgehead atoms. The van der Waals surface area contributed by atoms with E-state index in [9.17, 15) is 4.39 Å². The number of aromatic nitrogens is 2. The minimum atomic E-state index is -0.240. The molecule has 0 fully saturated rings. The number of benzene rings is 1. The Morgan fingerprint density at radius 1 is 1.26 bits per heavy atom. The Balaban J connectivity index is 1.88. The zero-order chi connectivity index (χ0) is 13.7. The first-order valence-electron chi connectivity index (χ1n) is 6.40. The molecule has 0 aliphatic rings. The number of nitrogens with one attached hydrogen (secondary N) is 1. The highest BCUT2D eigenvalue weighted by Gasteiger charge is 2.07. The van der Waals surface area contributed by atoms with Crippen LogP contribution in [-0.4, -0.2) is 16.7 Å². The van der Waals surface area contributed by atoms with Crippen LogP contribution in [0.5, 0.6) is 0 Å². The molecule has 5 heteroatoms. The van der Waals surface area contributed by atoms with Gasteiger partial charge in [0.05, 0.1) is 6.54 Å². The highest BCUT2D eigenvalue weighted by atomic mass is 19.1. The van der Waals surface area contributed by atoms with Gasteiger partial charge in [-0.3, -0.25) is 0 Å². The second kappa shape index (κ2) is 6.43. The summed E-state index contributed by atoms with van der Waals surface area (Å²) < 4.78 is 17.9. The fourth-order valence-corrected chi connectivity index (χ4v) is 1.69. The van der Waals surface area contributed by atoms with Crippen molar-refractivity contribution in [3.8, 4) is 0 Å². The molecule has 2 rings (SSSR count). The van der Waals surface area contributed by atoms with Gasteiger partial charge >= 0.3 is 0 Å². The summed E-state index contributed by atoms with van der Waals surface area (Å²) in [7, 11) is 0. The van der Waals surface area contributed by atoms with Gasteiger partial charge in [0.15, 0.2) is 5.82 Å². The van der Waals surface area contributed by atoms with E-state index in [1.807, 2.05) is 0 Å². The minimum absolute atomic E-state index is 0.240. The SMILES string of the molecule is CC(C)CNCc1nc(Cc2ccc(F)cc2)no1.